The monoisotopic (exact) mass is 807 g/mol. The fraction of sp³-hybridized carbons (Fsp3) is 0.404. The standard InChI is InChI=1S/C52H57NO7/c1-32-11-19-45-40-25-38-15-14-37(50-47(57)29-46(32)52(45)51(38)50)21-22-59-44(28-43(56)17-12-35-13-20-48(58-3)49(24-35)60-31-40)27-39-26-42(55)18-16-36(39)9-5-4-7-34-8-6-10-41(23-34)53-30-33(2)54/h6,8,10-11,13,16,18-20,23-26,29,32-33,36-37,39,44,53-55,57H,4-5,7,9,12,14-15,17,27-28,30-31H2,1-3H3. The quantitative estimate of drug-likeness (QED) is 0.0874. The van der Waals surface area contributed by atoms with Crippen LogP contribution < -0.4 is 14.8 Å². The van der Waals surface area contributed by atoms with Crippen molar-refractivity contribution in [3.63, 3.8) is 0 Å². The highest BCUT2D eigenvalue weighted by atomic mass is 16.5. The number of aryl methyl sites for hydroxylation is 3. The molecular weight excluding hydrogens is 751 g/mol. The van der Waals surface area contributed by atoms with Crippen LogP contribution in [0.3, 0.4) is 0 Å². The van der Waals surface area contributed by atoms with Crippen LogP contribution in [0.1, 0.15) is 110 Å². The van der Waals surface area contributed by atoms with E-state index in [1.54, 1.807) is 20.1 Å². The van der Waals surface area contributed by atoms with Crippen LogP contribution in [0.25, 0.3) is 16.8 Å². The van der Waals surface area contributed by atoms with Crippen molar-refractivity contribution in [3.05, 3.63) is 124 Å². The summed E-state index contributed by atoms with van der Waals surface area (Å²) >= 11 is 0. The molecule has 0 spiro atoms. The Labute approximate surface area is 354 Å². The molecule has 3 aliphatic carbocycles. The molecule has 2 heterocycles. The lowest BCUT2D eigenvalue weighted by Gasteiger charge is -2.30. The Morgan fingerprint density at radius 1 is 0.967 bits per heavy atom. The molecule has 0 amide bonds. The van der Waals surface area contributed by atoms with E-state index in [2.05, 4.69) is 60.7 Å². The smallest absolute Gasteiger partial charge is 0.161 e. The van der Waals surface area contributed by atoms with Gasteiger partial charge >= 0.3 is 0 Å². The first kappa shape index (κ1) is 41.1. The van der Waals surface area contributed by atoms with Gasteiger partial charge in [-0.25, -0.2) is 0 Å². The molecule has 6 atom stereocenters. The lowest BCUT2D eigenvalue weighted by molar-refractivity contribution is -0.121. The number of nitrogens with one attached hydrogen (secondary N) is 1. The predicted octanol–water partition coefficient (Wildman–Crippen LogP) is 10.4. The van der Waals surface area contributed by atoms with E-state index < -0.39 is 12.2 Å². The van der Waals surface area contributed by atoms with E-state index in [0.717, 1.165) is 82.8 Å². The van der Waals surface area contributed by atoms with E-state index in [0.29, 0.717) is 43.9 Å². The number of carbonyl (C=O) groups excluding carboxylic acids is 1. The number of phenols is 1. The number of rotatable bonds is 11. The summed E-state index contributed by atoms with van der Waals surface area (Å²) in [5.41, 5.74) is 8.56. The molecule has 0 saturated heterocycles. The molecule has 6 unspecified atom stereocenters. The van der Waals surface area contributed by atoms with E-state index in [4.69, 9.17) is 14.2 Å². The van der Waals surface area contributed by atoms with Crippen molar-refractivity contribution in [2.75, 3.05) is 19.0 Å². The largest absolute Gasteiger partial charge is 0.508 e. The van der Waals surface area contributed by atoms with Crippen molar-refractivity contribution in [1.29, 1.82) is 0 Å². The molecule has 4 aromatic carbocycles. The van der Waals surface area contributed by atoms with Gasteiger partial charge in [-0.15, -0.1) is 0 Å². The van der Waals surface area contributed by atoms with Crippen LogP contribution in [0.15, 0.2) is 84.7 Å². The second-order valence-electron chi connectivity index (χ2n) is 17.2. The maximum Gasteiger partial charge on any atom is 0.161 e. The van der Waals surface area contributed by atoms with E-state index >= 15 is 0 Å². The SMILES string of the molecule is COc1ccc2cc1OCc1cc3c4c(c(O)cc5c4c1C=CC5C)C(C#COC(CC1C=C(O)C=CC1CCCCc1cccc(NCC(C)O)c1)CC(=O)CC2)CC3. The molecule has 0 fully saturated rings. The highest BCUT2D eigenvalue weighted by Crippen LogP contribution is 2.49. The number of ketones is 1. The molecule has 9 rings (SSSR count). The molecule has 8 bridgehead atoms. The predicted molar refractivity (Wildman–Crippen MR) is 238 cm³/mol. The molecule has 60 heavy (non-hydrogen) atoms. The van der Waals surface area contributed by atoms with E-state index in [-0.39, 0.29) is 47.4 Å². The van der Waals surface area contributed by atoms with Gasteiger partial charge in [0.1, 0.15) is 36.1 Å². The first-order valence-corrected chi connectivity index (χ1v) is 21.7. The van der Waals surface area contributed by atoms with Gasteiger partial charge in [-0.1, -0.05) is 61.8 Å². The summed E-state index contributed by atoms with van der Waals surface area (Å²) < 4.78 is 18.7. The van der Waals surface area contributed by atoms with Crippen LogP contribution >= 0.6 is 0 Å². The van der Waals surface area contributed by atoms with Crippen molar-refractivity contribution in [3.8, 4) is 29.3 Å². The fourth-order valence-electron chi connectivity index (χ4n) is 9.58. The second kappa shape index (κ2) is 18.3. The molecule has 5 aliphatic rings. The zero-order valence-corrected chi connectivity index (χ0v) is 35.0. The van der Waals surface area contributed by atoms with Crippen LogP contribution in [-0.4, -0.2) is 47.0 Å². The van der Waals surface area contributed by atoms with Crippen molar-refractivity contribution in [2.45, 2.75) is 109 Å². The number of aromatic hydroxyl groups is 1. The van der Waals surface area contributed by atoms with Crippen molar-refractivity contribution >= 4 is 28.3 Å². The summed E-state index contributed by atoms with van der Waals surface area (Å²) in [5, 5.41) is 37.5. The number of unbranched alkanes of at least 4 members (excludes halogenated alkanes) is 1. The number of aliphatic hydroxyl groups excluding tert-OH is 2. The number of hydrogen-bond donors (Lipinski definition) is 4. The molecule has 0 radical (unpaired) electrons. The zero-order chi connectivity index (χ0) is 41.8. The molecule has 4 aromatic rings. The minimum absolute atomic E-state index is 0.0310. The maximum atomic E-state index is 13.8. The summed E-state index contributed by atoms with van der Waals surface area (Å²) in [5.74, 6) is 5.29. The number of hydrogen-bond acceptors (Lipinski definition) is 8. The molecule has 8 heteroatoms. The Bertz CT molecular complexity index is 2400. The molecule has 0 aromatic heterocycles. The number of Topliss-reactive ketones (excluding diaryl/α,β-unsaturated/α-hetero) is 1. The first-order valence-electron chi connectivity index (χ1n) is 21.7. The van der Waals surface area contributed by atoms with E-state index in [1.165, 1.54) is 11.1 Å². The lowest BCUT2D eigenvalue weighted by atomic mass is 9.74. The molecular formula is C52H57NO7. The van der Waals surface area contributed by atoms with Crippen LogP contribution in [0.5, 0.6) is 17.2 Å². The Morgan fingerprint density at radius 3 is 2.70 bits per heavy atom. The number of phenolic OH excluding ortho intramolecular Hbond substituents is 1. The van der Waals surface area contributed by atoms with Gasteiger partial charge in [-0.2, -0.15) is 0 Å². The third kappa shape index (κ3) is 9.22. The van der Waals surface area contributed by atoms with Crippen LogP contribution in [0.4, 0.5) is 5.69 Å². The summed E-state index contributed by atoms with van der Waals surface area (Å²) in [4.78, 5) is 13.8. The minimum Gasteiger partial charge on any atom is -0.508 e. The number of allylic oxidation sites excluding steroid dienone is 4. The van der Waals surface area contributed by atoms with Crippen molar-refractivity contribution < 1.29 is 34.3 Å². The van der Waals surface area contributed by atoms with Gasteiger partial charge in [-0.3, -0.25) is 4.79 Å². The summed E-state index contributed by atoms with van der Waals surface area (Å²) in [6, 6.07) is 18.4. The molecule has 8 nitrogen and oxygen atoms in total. The van der Waals surface area contributed by atoms with Gasteiger partial charge in [0.05, 0.1) is 19.1 Å². The normalized spacial score (nSPS) is 22.5. The van der Waals surface area contributed by atoms with Crippen LogP contribution in [0.2, 0.25) is 0 Å². The van der Waals surface area contributed by atoms with Crippen molar-refractivity contribution in [2.24, 2.45) is 11.8 Å². The average Bonchev–Trinajstić information content (AvgIpc) is 3.24. The van der Waals surface area contributed by atoms with Crippen LogP contribution in [0, 0.1) is 23.9 Å². The number of aliphatic hydroxyl groups is 2. The van der Waals surface area contributed by atoms with Gasteiger partial charge in [0.2, 0.25) is 0 Å². The average molecular weight is 808 g/mol. The highest BCUT2D eigenvalue weighted by Gasteiger charge is 2.31. The summed E-state index contributed by atoms with van der Waals surface area (Å²) in [7, 11) is 1.64. The number of anilines is 1. The minimum atomic E-state index is -0.487. The Morgan fingerprint density at radius 2 is 1.85 bits per heavy atom. The molecule has 2 aliphatic heterocycles. The Hall–Kier alpha value is -5.65. The Kier molecular flexibility index (Phi) is 12.5. The van der Waals surface area contributed by atoms with Gasteiger partial charge in [0, 0.05) is 36.6 Å². The van der Waals surface area contributed by atoms with Crippen molar-refractivity contribution in [1.82, 2.24) is 0 Å². The third-order valence-electron chi connectivity index (χ3n) is 12.7. The maximum absolute atomic E-state index is 13.8. The number of ether oxygens (including phenoxy) is 3. The zero-order valence-electron chi connectivity index (χ0n) is 35.0. The highest BCUT2D eigenvalue weighted by molar-refractivity contribution is 6.03. The topological polar surface area (TPSA) is 117 Å². The Balaban J connectivity index is 1.06. The number of benzene rings is 4. The second-order valence-corrected chi connectivity index (χ2v) is 17.2. The summed E-state index contributed by atoms with van der Waals surface area (Å²) in [6.45, 7) is 4.79. The van der Waals surface area contributed by atoms with E-state index in [9.17, 15) is 20.1 Å². The van der Waals surface area contributed by atoms with Gasteiger partial charge in [0.25, 0.3) is 0 Å². The molecule has 0 saturated carbocycles. The van der Waals surface area contributed by atoms with Crippen LogP contribution in [-0.2, 0) is 35.4 Å². The number of carbonyl (C=O) groups is 1. The number of methoxy groups -OCH3 is 1. The van der Waals surface area contributed by atoms with Gasteiger partial charge in [0.15, 0.2) is 11.5 Å². The summed E-state index contributed by atoms with van der Waals surface area (Å²) in [6.07, 6.45) is 19.4. The lowest BCUT2D eigenvalue weighted by Crippen LogP contribution is -2.24. The molecule has 312 valence electrons. The fourth-order valence-corrected chi connectivity index (χ4v) is 9.58. The van der Waals surface area contributed by atoms with Gasteiger partial charge < -0.3 is 34.8 Å². The van der Waals surface area contributed by atoms with Gasteiger partial charge in [-0.05, 0) is 150 Å². The first-order chi connectivity index (χ1) is 29.1. The molecule has 4 N–H and O–H groups in total. The number of fused-ring (bicyclic) bond motifs is 7. The van der Waals surface area contributed by atoms with E-state index in [1.807, 2.05) is 42.5 Å². The third-order valence-corrected chi connectivity index (χ3v) is 12.7.